The van der Waals surface area contributed by atoms with Gasteiger partial charge in [0, 0.05) is 32.7 Å². The molecule has 1 aromatic heterocycles. The first-order valence-electron chi connectivity index (χ1n) is 11.3. The topological polar surface area (TPSA) is 102 Å². The van der Waals surface area contributed by atoms with Crippen molar-refractivity contribution in [2.45, 2.75) is 20.4 Å². The van der Waals surface area contributed by atoms with Crippen molar-refractivity contribution >= 4 is 17.1 Å². The zero-order chi connectivity index (χ0) is 24.1. The maximum absolute atomic E-state index is 13.2. The van der Waals surface area contributed by atoms with E-state index in [-0.39, 0.29) is 23.0 Å². The number of benzene rings is 2. The molecule has 0 atom stereocenters. The van der Waals surface area contributed by atoms with Crippen LogP contribution in [-0.2, 0) is 11.3 Å². The fraction of sp³-hybridized carbons (Fsp3) is 0.360. The number of phenolic OH excluding ortho intramolecular Hbond substituents is 1. The third kappa shape index (κ3) is 4.94. The number of hydrogen-bond donors (Lipinski definition) is 1. The van der Waals surface area contributed by atoms with Crippen molar-refractivity contribution < 1.29 is 28.5 Å². The molecule has 1 saturated heterocycles. The number of aromatic hydroxyl groups is 1. The second-order valence-electron chi connectivity index (χ2n) is 7.81. The van der Waals surface area contributed by atoms with Gasteiger partial charge >= 0.3 is 6.09 Å². The lowest BCUT2D eigenvalue weighted by atomic mass is 10.1. The fourth-order valence-electron chi connectivity index (χ4n) is 3.91. The van der Waals surface area contributed by atoms with Gasteiger partial charge in [-0.3, -0.25) is 9.69 Å². The molecule has 1 aliphatic rings. The van der Waals surface area contributed by atoms with E-state index in [1.807, 2.05) is 13.0 Å². The minimum absolute atomic E-state index is 0.0272. The monoisotopic (exact) mass is 468 g/mol. The van der Waals surface area contributed by atoms with E-state index in [0.717, 1.165) is 0 Å². The van der Waals surface area contributed by atoms with Gasteiger partial charge in [0.1, 0.15) is 17.6 Å². The van der Waals surface area contributed by atoms with Crippen LogP contribution in [0.3, 0.4) is 0 Å². The molecule has 9 nitrogen and oxygen atoms in total. The average Bonchev–Trinajstić information content (AvgIpc) is 2.84. The van der Waals surface area contributed by atoms with E-state index >= 15 is 0 Å². The summed E-state index contributed by atoms with van der Waals surface area (Å²) >= 11 is 0. The fourth-order valence-corrected chi connectivity index (χ4v) is 3.91. The van der Waals surface area contributed by atoms with Crippen LogP contribution in [0.4, 0.5) is 4.79 Å². The van der Waals surface area contributed by atoms with Gasteiger partial charge in [-0.1, -0.05) is 12.1 Å². The van der Waals surface area contributed by atoms with Crippen LogP contribution in [0, 0.1) is 0 Å². The molecule has 0 bridgehead atoms. The molecule has 2 aromatic carbocycles. The Morgan fingerprint density at radius 3 is 2.44 bits per heavy atom. The first-order chi connectivity index (χ1) is 16.5. The highest BCUT2D eigenvalue weighted by molar-refractivity contribution is 5.83. The van der Waals surface area contributed by atoms with Crippen molar-refractivity contribution in [3.63, 3.8) is 0 Å². The quantitative estimate of drug-likeness (QED) is 0.556. The van der Waals surface area contributed by atoms with E-state index in [1.165, 1.54) is 18.4 Å². The van der Waals surface area contributed by atoms with E-state index in [2.05, 4.69) is 4.90 Å². The number of piperazine rings is 1. The van der Waals surface area contributed by atoms with E-state index in [1.54, 1.807) is 30.0 Å². The third-order valence-electron chi connectivity index (χ3n) is 5.64. The maximum atomic E-state index is 13.2. The van der Waals surface area contributed by atoms with Gasteiger partial charge < -0.3 is 28.6 Å². The summed E-state index contributed by atoms with van der Waals surface area (Å²) in [5.41, 5.74) is 0.477. The second-order valence-corrected chi connectivity index (χ2v) is 7.81. The van der Waals surface area contributed by atoms with Gasteiger partial charge in [0.25, 0.3) is 0 Å². The molecular formula is C25H28N2O7. The standard InChI is InChI=1S/C25H28N2O7/c1-3-31-20-7-5-6-8-21(20)34-22-16-33-24-17(23(22)29)9-10-19(28)18(24)15-26-11-13-27(14-12-26)25(30)32-4-2/h5-10,16,28H,3-4,11-15H2,1-2H3. The molecule has 0 spiro atoms. The van der Waals surface area contributed by atoms with Crippen LogP contribution in [0.25, 0.3) is 11.0 Å². The van der Waals surface area contributed by atoms with Gasteiger partial charge in [0.05, 0.1) is 24.2 Å². The number of ether oxygens (including phenoxy) is 3. The molecule has 2 heterocycles. The Morgan fingerprint density at radius 2 is 1.74 bits per heavy atom. The van der Waals surface area contributed by atoms with E-state index in [0.29, 0.717) is 74.0 Å². The van der Waals surface area contributed by atoms with Gasteiger partial charge in [0.2, 0.25) is 11.2 Å². The summed E-state index contributed by atoms with van der Waals surface area (Å²) in [6, 6.07) is 10.1. The molecule has 4 rings (SSSR count). The van der Waals surface area contributed by atoms with E-state index in [4.69, 9.17) is 18.6 Å². The van der Waals surface area contributed by atoms with Crippen molar-refractivity contribution in [2.24, 2.45) is 0 Å². The molecule has 1 N–H and O–H groups in total. The Labute approximate surface area is 197 Å². The van der Waals surface area contributed by atoms with Crippen LogP contribution in [0.5, 0.6) is 23.0 Å². The number of hydrogen-bond acceptors (Lipinski definition) is 8. The van der Waals surface area contributed by atoms with Crippen LogP contribution < -0.4 is 14.9 Å². The smallest absolute Gasteiger partial charge is 0.409 e. The molecular weight excluding hydrogens is 440 g/mol. The number of carbonyl (C=O) groups excluding carboxylic acids is 1. The number of carbonyl (C=O) groups is 1. The molecule has 9 heteroatoms. The number of fused-ring (bicyclic) bond motifs is 1. The third-order valence-corrected chi connectivity index (χ3v) is 5.64. The molecule has 34 heavy (non-hydrogen) atoms. The first kappa shape index (κ1) is 23.4. The minimum Gasteiger partial charge on any atom is -0.507 e. The second kappa shape index (κ2) is 10.5. The molecule has 0 radical (unpaired) electrons. The maximum Gasteiger partial charge on any atom is 0.409 e. The Morgan fingerprint density at radius 1 is 1.00 bits per heavy atom. The molecule has 1 fully saturated rings. The van der Waals surface area contributed by atoms with Crippen LogP contribution in [0.1, 0.15) is 19.4 Å². The van der Waals surface area contributed by atoms with Crippen molar-refractivity contribution in [3.05, 3.63) is 58.4 Å². The number of amides is 1. The zero-order valence-corrected chi connectivity index (χ0v) is 19.3. The van der Waals surface area contributed by atoms with Crippen LogP contribution in [0.2, 0.25) is 0 Å². The molecule has 1 amide bonds. The van der Waals surface area contributed by atoms with Gasteiger partial charge in [-0.2, -0.15) is 0 Å². The normalized spacial score (nSPS) is 14.2. The minimum atomic E-state index is -0.346. The SMILES string of the molecule is CCOC(=O)N1CCN(Cc2c(O)ccc3c(=O)c(Oc4ccccc4OCC)coc23)CC1. The lowest BCUT2D eigenvalue weighted by Gasteiger charge is -2.34. The summed E-state index contributed by atoms with van der Waals surface area (Å²) in [5, 5.41) is 10.8. The van der Waals surface area contributed by atoms with Gasteiger partial charge in [-0.15, -0.1) is 0 Å². The highest BCUT2D eigenvalue weighted by Crippen LogP contribution is 2.33. The van der Waals surface area contributed by atoms with Crippen molar-refractivity contribution in [1.82, 2.24) is 9.80 Å². The Hall–Kier alpha value is -3.72. The Bertz CT molecular complexity index is 1220. The van der Waals surface area contributed by atoms with Crippen molar-refractivity contribution in [3.8, 4) is 23.0 Å². The first-order valence-corrected chi connectivity index (χ1v) is 11.3. The molecule has 0 unspecified atom stereocenters. The summed E-state index contributed by atoms with van der Waals surface area (Å²) in [4.78, 5) is 28.8. The molecule has 1 aliphatic heterocycles. The number of para-hydroxylation sites is 2. The van der Waals surface area contributed by atoms with Crippen LogP contribution >= 0.6 is 0 Å². The van der Waals surface area contributed by atoms with E-state index in [9.17, 15) is 14.7 Å². The van der Waals surface area contributed by atoms with Gasteiger partial charge in [0.15, 0.2) is 11.5 Å². The summed E-state index contributed by atoms with van der Waals surface area (Å²) in [6.45, 7) is 7.06. The number of rotatable bonds is 7. The average molecular weight is 469 g/mol. The lowest BCUT2D eigenvalue weighted by Crippen LogP contribution is -2.48. The summed E-state index contributed by atoms with van der Waals surface area (Å²) in [6.07, 6.45) is 0.939. The lowest BCUT2D eigenvalue weighted by molar-refractivity contribution is 0.0776. The largest absolute Gasteiger partial charge is 0.507 e. The highest BCUT2D eigenvalue weighted by atomic mass is 16.6. The number of nitrogens with zero attached hydrogens (tertiary/aromatic N) is 2. The summed E-state index contributed by atoms with van der Waals surface area (Å²) < 4.78 is 22.2. The molecule has 0 aliphatic carbocycles. The zero-order valence-electron chi connectivity index (χ0n) is 19.3. The predicted octanol–water partition coefficient (Wildman–Crippen LogP) is 3.96. The Balaban J connectivity index is 1.56. The number of phenols is 1. The van der Waals surface area contributed by atoms with Crippen LogP contribution in [-0.4, -0.2) is 60.4 Å². The molecule has 3 aromatic rings. The molecule has 0 saturated carbocycles. The summed E-state index contributed by atoms with van der Waals surface area (Å²) in [5.74, 6) is 1.01. The van der Waals surface area contributed by atoms with Gasteiger partial charge in [-0.05, 0) is 38.1 Å². The van der Waals surface area contributed by atoms with Crippen molar-refractivity contribution in [1.29, 1.82) is 0 Å². The highest BCUT2D eigenvalue weighted by Gasteiger charge is 2.24. The summed E-state index contributed by atoms with van der Waals surface area (Å²) in [7, 11) is 0. The Kier molecular flexibility index (Phi) is 7.22. The van der Waals surface area contributed by atoms with E-state index < -0.39 is 0 Å². The van der Waals surface area contributed by atoms with Crippen molar-refractivity contribution in [2.75, 3.05) is 39.4 Å². The predicted molar refractivity (Wildman–Crippen MR) is 126 cm³/mol. The van der Waals surface area contributed by atoms with Gasteiger partial charge in [-0.25, -0.2) is 4.79 Å². The molecule has 180 valence electrons. The van der Waals surface area contributed by atoms with Crippen LogP contribution in [0.15, 0.2) is 51.9 Å².